The quantitative estimate of drug-likeness (QED) is 0.501. The molecule has 1 amide bonds. The second kappa shape index (κ2) is 6.25. The van der Waals surface area contributed by atoms with Gasteiger partial charge in [-0.25, -0.2) is 9.18 Å². The van der Waals surface area contributed by atoms with Crippen molar-refractivity contribution in [2.24, 2.45) is 0 Å². The van der Waals surface area contributed by atoms with Gasteiger partial charge in [0.05, 0.1) is 29.3 Å². The third kappa shape index (κ3) is 3.04. The van der Waals surface area contributed by atoms with Crippen LogP contribution in [-0.2, 0) is 4.74 Å². The number of rotatable bonds is 3. The first-order valence-electron chi connectivity index (χ1n) is 6.89. The number of esters is 1. The van der Waals surface area contributed by atoms with Crippen molar-refractivity contribution in [2.75, 3.05) is 12.4 Å². The third-order valence-electron chi connectivity index (χ3n) is 3.38. The highest BCUT2D eigenvalue weighted by Gasteiger charge is 2.15. The van der Waals surface area contributed by atoms with E-state index in [9.17, 15) is 14.0 Å². The summed E-state index contributed by atoms with van der Waals surface area (Å²) in [4.78, 5) is 29.6. The zero-order valence-electron chi connectivity index (χ0n) is 12.5. The van der Waals surface area contributed by atoms with Crippen LogP contribution in [0.5, 0.6) is 0 Å². The number of anilines is 1. The summed E-state index contributed by atoms with van der Waals surface area (Å²) in [5.74, 6) is -1.62. The molecule has 0 aliphatic rings. The maximum Gasteiger partial charge on any atom is 0.337 e. The van der Waals surface area contributed by atoms with Gasteiger partial charge in [-0.05, 0) is 42.5 Å². The first-order chi connectivity index (χ1) is 11.5. The van der Waals surface area contributed by atoms with E-state index in [1.54, 1.807) is 18.2 Å². The van der Waals surface area contributed by atoms with Crippen LogP contribution in [0.3, 0.4) is 0 Å². The Kier molecular flexibility index (Phi) is 4.13. The summed E-state index contributed by atoms with van der Waals surface area (Å²) in [6.07, 6.45) is 0. The molecule has 0 aliphatic carbocycles. The number of amides is 1. The van der Waals surface area contributed by atoms with Crippen molar-refractivity contribution in [2.45, 2.75) is 0 Å². The molecule has 0 fully saturated rings. The topological polar surface area (TPSA) is 87.0 Å². The van der Waals surface area contributed by atoms with Crippen molar-refractivity contribution in [1.82, 2.24) is 9.97 Å². The molecule has 3 N–H and O–H groups in total. The molecule has 1 heterocycles. The monoisotopic (exact) mass is 345 g/mol. The van der Waals surface area contributed by atoms with E-state index in [4.69, 9.17) is 12.2 Å². The highest BCUT2D eigenvalue weighted by atomic mass is 32.1. The van der Waals surface area contributed by atoms with E-state index < -0.39 is 17.7 Å². The Morgan fingerprint density at radius 3 is 2.75 bits per heavy atom. The largest absolute Gasteiger partial charge is 0.465 e. The van der Waals surface area contributed by atoms with E-state index >= 15 is 0 Å². The summed E-state index contributed by atoms with van der Waals surface area (Å²) in [6, 6.07) is 8.61. The van der Waals surface area contributed by atoms with E-state index in [0.29, 0.717) is 22.3 Å². The normalized spacial score (nSPS) is 10.6. The van der Waals surface area contributed by atoms with Gasteiger partial charge in [-0.1, -0.05) is 6.07 Å². The van der Waals surface area contributed by atoms with Gasteiger partial charge in [0.25, 0.3) is 5.91 Å². The highest BCUT2D eigenvalue weighted by Crippen LogP contribution is 2.20. The summed E-state index contributed by atoms with van der Waals surface area (Å²) >= 11 is 4.97. The maximum absolute atomic E-state index is 13.7. The van der Waals surface area contributed by atoms with E-state index in [2.05, 4.69) is 20.0 Å². The minimum absolute atomic E-state index is 0.0980. The van der Waals surface area contributed by atoms with Crippen LogP contribution in [0.25, 0.3) is 11.0 Å². The molecule has 2 aromatic carbocycles. The van der Waals surface area contributed by atoms with Gasteiger partial charge in [0, 0.05) is 5.69 Å². The van der Waals surface area contributed by atoms with E-state index in [-0.39, 0.29) is 10.3 Å². The van der Waals surface area contributed by atoms with Crippen LogP contribution in [0.4, 0.5) is 10.1 Å². The molecule has 1 aromatic heterocycles. The molecule has 0 spiro atoms. The molecule has 3 aromatic rings. The summed E-state index contributed by atoms with van der Waals surface area (Å²) in [5.41, 5.74) is 1.58. The van der Waals surface area contributed by atoms with Crippen LogP contribution in [0, 0.1) is 10.6 Å². The Balaban J connectivity index is 1.96. The number of hydrogen-bond acceptors (Lipinski definition) is 4. The number of methoxy groups -OCH3 is 1. The Morgan fingerprint density at radius 1 is 1.21 bits per heavy atom. The van der Waals surface area contributed by atoms with E-state index in [1.807, 2.05) is 0 Å². The fourth-order valence-corrected chi connectivity index (χ4v) is 2.54. The summed E-state index contributed by atoms with van der Waals surface area (Å²) in [5, 5.41) is 2.62. The molecule has 122 valence electrons. The van der Waals surface area contributed by atoms with Crippen LogP contribution in [0.15, 0.2) is 36.4 Å². The molecule has 0 saturated heterocycles. The molecule has 0 aliphatic heterocycles. The molecule has 24 heavy (non-hydrogen) atoms. The molecule has 6 nitrogen and oxygen atoms in total. The van der Waals surface area contributed by atoms with Crippen LogP contribution in [-0.4, -0.2) is 29.0 Å². The molecule has 0 atom stereocenters. The first kappa shape index (κ1) is 15.9. The lowest BCUT2D eigenvalue weighted by atomic mass is 10.1. The highest BCUT2D eigenvalue weighted by molar-refractivity contribution is 7.71. The number of carbonyl (C=O) groups is 2. The van der Waals surface area contributed by atoms with Crippen molar-refractivity contribution in [3.63, 3.8) is 0 Å². The number of nitrogens with one attached hydrogen (secondary N) is 3. The van der Waals surface area contributed by atoms with E-state index in [0.717, 1.165) is 6.07 Å². The molecule has 8 heteroatoms. The lowest BCUT2D eigenvalue weighted by Crippen LogP contribution is -2.13. The minimum Gasteiger partial charge on any atom is -0.465 e. The number of H-pyrrole nitrogens is 2. The summed E-state index contributed by atoms with van der Waals surface area (Å²) in [6.45, 7) is 0. The van der Waals surface area contributed by atoms with Gasteiger partial charge >= 0.3 is 5.97 Å². The number of halogens is 1. The molecule has 0 bridgehead atoms. The van der Waals surface area contributed by atoms with Gasteiger partial charge in [0.15, 0.2) is 4.77 Å². The predicted molar refractivity (Wildman–Crippen MR) is 89.2 cm³/mol. The molecule has 0 saturated carbocycles. The molecule has 0 radical (unpaired) electrons. The Labute approximate surface area is 140 Å². The van der Waals surface area contributed by atoms with Crippen molar-refractivity contribution < 1.29 is 18.7 Å². The summed E-state index contributed by atoms with van der Waals surface area (Å²) < 4.78 is 18.6. The van der Waals surface area contributed by atoms with Crippen molar-refractivity contribution in [3.05, 3.63) is 58.1 Å². The zero-order valence-corrected chi connectivity index (χ0v) is 13.3. The molecular weight excluding hydrogens is 333 g/mol. The van der Waals surface area contributed by atoms with Crippen LogP contribution in [0.2, 0.25) is 0 Å². The summed E-state index contributed by atoms with van der Waals surface area (Å²) in [7, 11) is 1.27. The number of fused-ring (bicyclic) bond motifs is 1. The number of hydrogen-bond donors (Lipinski definition) is 3. The maximum atomic E-state index is 13.7. The second-order valence-electron chi connectivity index (χ2n) is 4.98. The van der Waals surface area contributed by atoms with Gasteiger partial charge in [0.2, 0.25) is 0 Å². The second-order valence-corrected chi connectivity index (χ2v) is 5.39. The molecule has 0 unspecified atom stereocenters. The van der Waals surface area contributed by atoms with Gasteiger partial charge in [0.1, 0.15) is 5.82 Å². The fourth-order valence-electron chi connectivity index (χ4n) is 2.33. The number of benzene rings is 2. The standard InChI is InChI=1S/C16H12FN3O3S/c1-23-15(22)8-3-2-4-10(5-8)18-14(21)11-6-9(17)7-12-13(11)20-16(24)19-12/h2-7H,1H3,(H,18,21)(H2,19,20,24). The number of aromatic nitrogens is 2. The zero-order chi connectivity index (χ0) is 17.3. The number of carbonyl (C=O) groups excluding carboxylic acids is 2. The lowest BCUT2D eigenvalue weighted by molar-refractivity contribution is 0.0600. The smallest absolute Gasteiger partial charge is 0.337 e. The lowest BCUT2D eigenvalue weighted by Gasteiger charge is -2.08. The van der Waals surface area contributed by atoms with Crippen molar-refractivity contribution in [3.8, 4) is 0 Å². The average molecular weight is 345 g/mol. The van der Waals surface area contributed by atoms with Crippen LogP contribution in [0.1, 0.15) is 20.7 Å². The van der Waals surface area contributed by atoms with Gasteiger partial charge in [-0.2, -0.15) is 0 Å². The average Bonchev–Trinajstić information content (AvgIpc) is 2.93. The van der Waals surface area contributed by atoms with Gasteiger partial charge in [-0.15, -0.1) is 0 Å². The number of imidazole rings is 1. The fraction of sp³-hybridized carbons (Fsp3) is 0.0625. The number of aromatic amines is 2. The number of ether oxygens (including phenoxy) is 1. The van der Waals surface area contributed by atoms with Crippen molar-refractivity contribution in [1.29, 1.82) is 0 Å². The first-order valence-corrected chi connectivity index (χ1v) is 7.30. The van der Waals surface area contributed by atoms with Gasteiger partial charge in [-0.3, -0.25) is 4.79 Å². The van der Waals surface area contributed by atoms with Crippen LogP contribution < -0.4 is 5.32 Å². The molecule has 3 rings (SSSR count). The van der Waals surface area contributed by atoms with Crippen LogP contribution >= 0.6 is 12.2 Å². The predicted octanol–water partition coefficient (Wildman–Crippen LogP) is 3.40. The third-order valence-corrected chi connectivity index (χ3v) is 3.58. The molecular formula is C16H12FN3O3S. The Morgan fingerprint density at radius 2 is 2.00 bits per heavy atom. The SMILES string of the molecule is COC(=O)c1cccc(NC(=O)c2cc(F)cc3[nH]c(=S)[nH]c23)c1. The van der Waals surface area contributed by atoms with E-state index in [1.165, 1.54) is 19.2 Å². The Bertz CT molecular complexity index is 1010. The Hall–Kier alpha value is -3.00. The van der Waals surface area contributed by atoms with Crippen molar-refractivity contribution >= 4 is 40.8 Å². The van der Waals surface area contributed by atoms with Gasteiger partial charge < -0.3 is 20.0 Å². The minimum atomic E-state index is -0.568.